The molecule has 102 valence electrons. The number of carbonyl (C=O) groups excluding carboxylic acids is 2. The van der Waals surface area contributed by atoms with Crippen molar-refractivity contribution in [3.63, 3.8) is 0 Å². The van der Waals surface area contributed by atoms with Crippen molar-refractivity contribution < 1.29 is 9.59 Å². The maximum Gasteiger partial charge on any atom is 0.251 e. The summed E-state index contributed by atoms with van der Waals surface area (Å²) in [7, 11) is 3.82. The molecule has 1 aromatic rings. The molecule has 0 radical (unpaired) electrons. The van der Waals surface area contributed by atoms with Crippen molar-refractivity contribution in [1.29, 1.82) is 0 Å². The normalized spacial score (nSPS) is 10.2. The molecule has 0 atom stereocenters. The van der Waals surface area contributed by atoms with Crippen LogP contribution in [0.4, 0.5) is 5.69 Å². The second-order valence-electron chi connectivity index (χ2n) is 4.05. The molecule has 0 aliphatic heterocycles. The van der Waals surface area contributed by atoms with E-state index >= 15 is 0 Å². The molecule has 0 heterocycles. The van der Waals surface area contributed by atoms with Crippen LogP contribution in [0.15, 0.2) is 17.1 Å². The molecule has 19 heavy (non-hydrogen) atoms. The van der Waals surface area contributed by atoms with Crippen LogP contribution >= 0.6 is 23.2 Å². The van der Waals surface area contributed by atoms with Crippen molar-refractivity contribution in [3.8, 4) is 0 Å². The van der Waals surface area contributed by atoms with Gasteiger partial charge in [-0.15, -0.1) is 0 Å². The van der Waals surface area contributed by atoms with Crippen molar-refractivity contribution >= 4 is 40.9 Å². The lowest BCUT2D eigenvalue weighted by Gasteiger charge is -2.11. The van der Waals surface area contributed by atoms with Crippen molar-refractivity contribution in [2.75, 3.05) is 27.2 Å². The molecular formula is C12H13Cl2N3O2. The van der Waals surface area contributed by atoms with Gasteiger partial charge in [-0.3, -0.25) is 4.79 Å². The Labute approximate surface area is 121 Å². The molecule has 0 bridgehead atoms. The lowest BCUT2D eigenvalue weighted by molar-refractivity contribution is 0.0951. The summed E-state index contributed by atoms with van der Waals surface area (Å²) in [6.07, 6.45) is 1.36. The monoisotopic (exact) mass is 301 g/mol. The number of hydrogen-bond acceptors (Lipinski definition) is 4. The Morgan fingerprint density at radius 1 is 1.37 bits per heavy atom. The minimum Gasteiger partial charge on any atom is -0.351 e. The Bertz CT molecular complexity index is 503. The third kappa shape index (κ3) is 4.65. The number of halogens is 2. The van der Waals surface area contributed by atoms with E-state index in [2.05, 4.69) is 10.3 Å². The maximum absolute atomic E-state index is 11.8. The zero-order valence-electron chi connectivity index (χ0n) is 10.5. The molecule has 0 spiro atoms. The predicted molar refractivity (Wildman–Crippen MR) is 75.1 cm³/mol. The van der Waals surface area contributed by atoms with Crippen LogP contribution in [0.5, 0.6) is 0 Å². The fourth-order valence-corrected chi connectivity index (χ4v) is 1.92. The number of amides is 1. The first kappa shape index (κ1) is 15.7. The van der Waals surface area contributed by atoms with Crippen molar-refractivity contribution in [2.45, 2.75) is 0 Å². The van der Waals surface area contributed by atoms with Gasteiger partial charge in [0.05, 0.1) is 10.0 Å². The minimum atomic E-state index is -0.285. The summed E-state index contributed by atoms with van der Waals surface area (Å²) in [4.78, 5) is 27.4. The molecular weight excluding hydrogens is 289 g/mol. The average Bonchev–Trinajstić information content (AvgIpc) is 2.33. The van der Waals surface area contributed by atoms with Crippen LogP contribution in [0.1, 0.15) is 10.4 Å². The van der Waals surface area contributed by atoms with Gasteiger partial charge >= 0.3 is 0 Å². The summed E-state index contributed by atoms with van der Waals surface area (Å²) < 4.78 is 0. The third-order valence-corrected chi connectivity index (χ3v) is 2.86. The number of rotatable bonds is 5. The second kappa shape index (κ2) is 7.26. The van der Waals surface area contributed by atoms with E-state index in [1.165, 1.54) is 18.2 Å². The number of isocyanates is 1. The summed E-state index contributed by atoms with van der Waals surface area (Å²) in [5.41, 5.74) is 0.432. The van der Waals surface area contributed by atoms with E-state index in [9.17, 15) is 9.59 Å². The Morgan fingerprint density at radius 2 is 1.95 bits per heavy atom. The van der Waals surface area contributed by atoms with E-state index < -0.39 is 0 Å². The SMILES string of the molecule is CN(C)CCNC(=O)c1cc(Cl)c(N=C=O)c(Cl)c1. The highest BCUT2D eigenvalue weighted by atomic mass is 35.5. The van der Waals surface area contributed by atoms with E-state index in [0.29, 0.717) is 12.1 Å². The first-order valence-corrected chi connectivity index (χ1v) is 6.21. The average molecular weight is 302 g/mol. The molecule has 0 unspecified atom stereocenters. The standard InChI is InChI=1S/C12H13Cl2N3O2/c1-17(2)4-3-15-12(19)8-5-9(13)11(16-7-18)10(14)6-8/h5-6H,3-4H2,1-2H3,(H,15,19). The largest absolute Gasteiger partial charge is 0.351 e. The topological polar surface area (TPSA) is 61.8 Å². The summed E-state index contributed by atoms with van der Waals surface area (Å²) in [5.74, 6) is -0.285. The Kier molecular flexibility index (Phi) is 5.99. The molecule has 5 nitrogen and oxygen atoms in total. The highest BCUT2D eigenvalue weighted by Crippen LogP contribution is 2.33. The number of hydrogen-bond donors (Lipinski definition) is 1. The molecule has 0 fully saturated rings. The third-order valence-electron chi connectivity index (χ3n) is 2.28. The van der Waals surface area contributed by atoms with Gasteiger partial charge in [-0.05, 0) is 26.2 Å². The Morgan fingerprint density at radius 3 is 2.42 bits per heavy atom. The van der Waals surface area contributed by atoms with Crippen molar-refractivity contribution in [3.05, 3.63) is 27.7 Å². The summed E-state index contributed by atoms with van der Waals surface area (Å²) in [6.45, 7) is 1.23. The number of benzene rings is 1. The van der Waals surface area contributed by atoms with Crippen LogP contribution in [-0.2, 0) is 4.79 Å². The van der Waals surface area contributed by atoms with Gasteiger partial charge < -0.3 is 10.2 Å². The molecule has 0 saturated carbocycles. The lowest BCUT2D eigenvalue weighted by atomic mass is 10.2. The van der Waals surface area contributed by atoms with Gasteiger partial charge in [0.2, 0.25) is 6.08 Å². The molecule has 1 amide bonds. The fourth-order valence-electron chi connectivity index (χ4n) is 1.34. The first-order chi connectivity index (χ1) is 8.95. The number of nitrogens with one attached hydrogen (secondary N) is 1. The highest BCUT2D eigenvalue weighted by Gasteiger charge is 2.12. The minimum absolute atomic E-state index is 0.114. The molecule has 0 aliphatic rings. The molecule has 0 saturated heterocycles. The van der Waals surface area contributed by atoms with Crippen molar-refractivity contribution in [1.82, 2.24) is 10.2 Å². The zero-order chi connectivity index (χ0) is 14.4. The van der Waals surface area contributed by atoms with E-state index in [1.54, 1.807) is 0 Å². The number of aliphatic imine (C=N–C) groups is 1. The molecule has 1 aromatic carbocycles. The van der Waals surface area contributed by atoms with Crippen LogP contribution in [0, 0.1) is 0 Å². The van der Waals surface area contributed by atoms with Crippen LogP contribution in [0.25, 0.3) is 0 Å². The summed E-state index contributed by atoms with van der Waals surface area (Å²) in [6, 6.07) is 2.82. The van der Waals surface area contributed by atoms with E-state index in [1.807, 2.05) is 19.0 Å². The summed E-state index contributed by atoms with van der Waals surface area (Å²) >= 11 is 11.8. The highest BCUT2D eigenvalue weighted by molar-refractivity contribution is 6.39. The van der Waals surface area contributed by atoms with Gasteiger partial charge in [0.15, 0.2) is 0 Å². The number of nitrogens with zero attached hydrogens (tertiary/aromatic N) is 2. The second-order valence-corrected chi connectivity index (χ2v) is 4.87. The number of likely N-dealkylation sites (N-methyl/N-ethyl adjacent to an activating group) is 1. The van der Waals surface area contributed by atoms with Gasteiger partial charge in [0, 0.05) is 18.7 Å². The summed E-state index contributed by atoms with van der Waals surface area (Å²) in [5, 5.41) is 3.00. The van der Waals surface area contributed by atoms with E-state index in [4.69, 9.17) is 23.2 Å². The van der Waals surface area contributed by atoms with Crippen LogP contribution in [0.3, 0.4) is 0 Å². The van der Waals surface area contributed by atoms with Gasteiger partial charge in [-0.2, -0.15) is 4.99 Å². The maximum atomic E-state index is 11.8. The Hall–Kier alpha value is -1.39. The van der Waals surface area contributed by atoms with Crippen molar-refractivity contribution in [2.24, 2.45) is 4.99 Å². The Balaban J connectivity index is 2.85. The van der Waals surface area contributed by atoms with Gasteiger partial charge in [0.1, 0.15) is 5.69 Å². The van der Waals surface area contributed by atoms with E-state index in [-0.39, 0.29) is 21.6 Å². The fraction of sp³-hybridized carbons (Fsp3) is 0.333. The molecule has 7 heteroatoms. The molecule has 0 aliphatic carbocycles. The lowest BCUT2D eigenvalue weighted by Crippen LogP contribution is -2.31. The number of carbonyl (C=O) groups is 1. The van der Waals surface area contributed by atoms with Gasteiger partial charge in [0.25, 0.3) is 5.91 Å². The van der Waals surface area contributed by atoms with Gasteiger partial charge in [-0.25, -0.2) is 4.79 Å². The predicted octanol–water partition coefficient (Wildman–Crippen LogP) is 2.25. The van der Waals surface area contributed by atoms with Crippen LogP contribution in [-0.4, -0.2) is 44.1 Å². The molecule has 1 N–H and O–H groups in total. The first-order valence-electron chi connectivity index (χ1n) is 5.45. The molecule has 1 rings (SSSR count). The van der Waals surface area contributed by atoms with Gasteiger partial charge in [-0.1, -0.05) is 23.2 Å². The smallest absolute Gasteiger partial charge is 0.251 e. The van der Waals surface area contributed by atoms with Crippen LogP contribution in [0.2, 0.25) is 10.0 Å². The van der Waals surface area contributed by atoms with E-state index in [0.717, 1.165) is 6.54 Å². The quantitative estimate of drug-likeness (QED) is 0.670. The zero-order valence-corrected chi connectivity index (χ0v) is 12.0. The molecule has 0 aromatic heterocycles. The van der Waals surface area contributed by atoms with Crippen LogP contribution < -0.4 is 5.32 Å².